The van der Waals surface area contributed by atoms with Crippen LogP contribution >= 0.6 is 24.0 Å². The number of benzene rings is 1. The normalized spacial score (nSPS) is 15.4. The molecule has 0 bridgehead atoms. The molecule has 1 aliphatic rings. The lowest BCUT2D eigenvalue weighted by molar-refractivity contribution is 0.0372. The number of halogens is 2. The Labute approximate surface area is 173 Å². The Kier molecular flexibility index (Phi) is 11.8. The molecule has 0 aliphatic carbocycles. The van der Waals surface area contributed by atoms with Crippen molar-refractivity contribution < 1.29 is 9.13 Å². The van der Waals surface area contributed by atoms with Crippen molar-refractivity contribution in [1.29, 1.82) is 0 Å². The first-order valence-corrected chi connectivity index (χ1v) is 9.18. The van der Waals surface area contributed by atoms with Crippen molar-refractivity contribution in [1.82, 2.24) is 15.5 Å². The number of aliphatic imine (C=N–C) groups is 1. The van der Waals surface area contributed by atoms with E-state index in [-0.39, 0.29) is 29.8 Å². The van der Waals surface area contributed by atoms with E-state index in [0.29, 0.717) is 0 Å². The molecule has 5 nitrogen and oxygen atoms in total. The van der Waals surface area contributed by atoms with Crippen molar-refractivity contribution in [3.63, 3.8) is 0 Å². The number of hydrogen-bond donors (Lipinski definition) is 2. The van der Waals surface area contributed by atoms with Crippen LogP contribution in [-0.2, 0) is 11.2 Å². The number of unbranched alkanes of at least 4 members (excludes halogenated alkanes) is 1. The second-order valence-corrected chi connectivity index (χ2v) is 6.41. The summed E-state index contributed by atoms with van der Waals surface area (Å²) in [6, 6.07) is 4.95. The van der Waals surface area contributed by atoms with E-state index in [0.717, 1.165) is 75.9 Å². The number of hydrogen-bond acceptors (Lipinski definition) is 3. The van der Waals surface area contributed by atoms with Crippen LogP contribution < -0.4 is 10.6 Å². The van der Waals surface area contributed by atoms with Crippen LogP contribution in [0.2, 0.25) is 0 Å². The average molecular weight is 478 g/mol. The van der Waals surface area contributed by atoms with Gasteiger partial charge in [-0.15, -0.1) is 24.0 Å². The van der Waals surface area contributed by atoms with Crippen LogP contribution in [0.3, 0.4) is 0 Å². The Bertz CT molecular complexity index is 550. The first-order valence-electron chi connectivity index (χ1n) is 9.18. The summed E-state index contributed by atoms with van der Waals surface area (Å²) in [6.07, 6.45) is 3.15. The number of rotatable bonds is 8. The maximum atomic E-state index is 13.1. The molecule has 1 aromatic carbocycles. The predicted octanol–water partition coefficient (Wildman–Crippen LogP) is 2.57. The highest BCUT2D eigenvalue weighted by molar-refractivity contribution is 14.0. The van der Waals surface area contributed by atoms with Gasteiger partial charge in [0.2, 0.25) is 0 Å². The molecule has 0 unspecified atom stereocenters. The van der Waals surface area contributed by atoms with Gasteiger partial charge in [0, 0.05) is 33.2 Å². The van der Waals surface area contributed by atoms with Gasteiger partial charge in [0.05, 0.1) is 13.2 Å². The Balaban J connectivity index is 0.00000338. The summed E-state index contributed by atoms with van der Waals surface area (Å²) >= 11 is 0. The molecular formula is C19H32FIN4O. The number of morpholine rings is 1. The van der Waals surface area contributed by atoms with Crippen molar-refractivity contribution in [3.8, 4) is 0 Å². The van der Waals surface area contributed by atoms with Crippen molar-refractivity contribution in [2.45, 2.75) is 26.2 Å². The van der Waals surface area contributed by atoms with Crippen LogP contribution in [0.25, 0.3) is 0 Å². The van der Waals surface area contributed by atoms with E-state index in [1.54, 1.807) is 13.1 Å². The summed E-state index contributed by atoms with van der Waals surface area (Å²) < 4.78 is 18.5. The van der Waals surface area contributed by atoms with Gasteiger partial charge in [-0.2, -0.15) is 0 Å². The maximum Gasteiger partial charge on any atom is 0.190 e. The highest BCUT2D eigenvalue weighted by Crippen LogP contribution is 2.10. The van der Waals surface area contributed by atoms with Crippen LogP contribution in [0.5, 0.6) is 0 Å². The molecule has 1 heterocycles. The molecule has 0 amide bonds. The smallest absolute Gasteiger partial charge is 0.190 e. The van der Waals surface area contributed by atoms with Crippen molar-refractivity contribution in [3.05, 3.63) is 35.1 Å². The summed E-state index contributed by atoms with van der Waals surface area (Å²) in [4.78, 5) is 6.71. The van der Waals surface area contributed by atoms with Crippen molar-refractivity contribution in [2.24, 2.45) is 4.99 Å². The number of nitrogens with zero attached hydrogens (tertiary/aromatic N) is 2. The topological polar surface area (TPSA) is 48.9 Å². The molecule has 1 aliphatic heterocycles. The quantitative estimate of drug-likeness (QED) is 0.261. The van der Waals surface area contributed by atoms with E-state index >= 15 is 0 Å². The highest BCUT2D eigenvalue weighted by Gasteiger charge is 2.09. The van der Waals surface area contributed by atoms with E-state index in [1.807, 2.05) is 13.0 Å². The standard InChI is InChI=1S/C19H31FN4O.HI/c1-16-15-18(20)6-5-17(16)7-9-23-19(21-2)22-8-3-4-10-24-11-13-25-14-12-24;/h5-6,15H,3-4,7-14H2,1-2H3,(H2,21,22,23);1H. The average Bonchev–Trinajstić information content (AvgIpc) is 2.62. The molecule has 148 valence electrons. The Morgan fingerprint density at radius 2 is 1.92 bits per heavy atom. The van der Waals surface area contributed by atoms with Gasteiger partial charge < -0.3 is 15.4 Å². The van der Waals surface area contributed by atoms with Crippen molar-refractivity contribution in [2.75, 3.05) is 53.0 Å². The predicted molar refractivity (Wildman–Crippen MR) is 116 cm³/mol. The number of aryl methyl sites for hydroxylation is 1. The molecule has 0 aromatic heterocycles. The minimum Gasteiger partial charge on any atom is -0.379 e. The van der Waals surface area contributed by atoms with E-state index in [4.69, 9.17) is 4.74 Å². The van der Waals surface area contributed by atoms with Crippen molar-refractivity contribution >= 4 is 29.9 Å². The van der Waals surface area contributed by atoms with Gasteiger partial charge in [-0.3, -0.25) is 9.89 Å². The summed E-state index contributed by atoms with van der Waals surface area (Å²) in [6.45, 7) is 8.62. The molecule has 7 heteroatoms. The number of nitrogens with one attached hydrogen (secondary N) is 2. The van der Waals surface area contributed by atoms with Gasteiger partial charge >= 0.3 is 0 Å². The second kappa shape index (κ2) is 13.3. The minimum absolute atomic E-state index is 0. The Morgan fingerprint density at radius 3 is 2.62 bits per heavy atom. The molecule has 1 saturated heterocycles. The van der Waals surface area contributed by atoms with Crippen LogP contribution in [-0.4, -0.2) is 63.8 Å². The molecular weight excluding hydrogens is 446 g/mol. The van der Waals surface area contributed by atoms with E-state index in [9.17, 15) is 4.39 Å². The zero-order valence-electron chi connectivity index (χ0n) is 15.9. The summed E-state index contributed by atoms with van der Waals surface area (Å²) in [5.74, 6) is 0.648. The minimum atomic E-state index is -0.177. The summed E-state index contributed by atoms with van der Waals surface area (Å²) in [5, 5.41) is 6.67. The summed E-state index contributed by atoms with van der Waals surface area (Å²) in [7, 11) is 1.78. The monoisotopic (exact) mass is 478 g/mol. The van der Waals surface area contributed by atoms with Crippen LogP contribution in [0.1, 0.15) is 24.0 Å². The highest BCUT2D eigenvalue weighted by atomic mass is 127. The molecule has 2 rings (SSSR count). The molecule has 26 heavy (non-hydrogen) atoms. The molecule has 0 saturated carbocycles. The largest absolute Gasteiger partial charge is 0.379 e. The van der Waals surface area contributed by atoms with Gasteiger partial charge in [-0.1, -0.05) is 6.07 Å². The van der Waals surface area contributed by atoms with E-state index < -0.39 is 0 Å². The van der Waals surface area contributed by atoms with E-state index in [1.165, 1.54) is 12.5 Å². The van der Waals surface area contributed by atoms with Gasteiger partial charge in [-0.05, 0) is 56.0 Å². The lowest BCUT2D eigenvalue weighted by Crippen LogP contribution is -2.39. The Morgan fingerprint density at radius 1 is 1.19 bits per heavy atom. The summed E-state index contributed by atoms with van der Waals surface area (Å²) in [5.41, 5.74) is 2.16. The fraction of sp³-hybridized carbons (Fsp3) is 0.632. The molecule has 0 radical (unpaired) electrons. The third kappa shape index (κ3) is 8.64. The molecule has 0 spiro atoms. The zero-order chi connectivity index (χ0) is 17.9. The van der Waals surface area contributed by atoms with Gasteiger partial charge in [-0.25, -0.2) is 4.39 Å². The fourth-order valence-corrected chi connectivity index (χ4v) is 2.97. The molecule has 0 atom stereocenters. The maximum absolute atomic E-state index is 13.1. The third-order valence-electron chi connectivity index (χ3n) is 4.51. The first-order chi connectivity index (χ1) is 12.2. The second-order valence-electron chi connectivity index (χ2n) is 6.41. The van der Waals surface area contributed by atoms with Crippen LogP contribution in [0.4, 0.5) is 4.39 Å². The number of guanidine groups is 1. The Hall–Kier alpha value is -0.930. The third-order valence-corrected chi connectivity index (χ3v) is 4.51. The van der Waals surface area contributed by atoms with Crippen LogP contribution in [0, 0.1) is 12.7 Å². The lowest BCUT2D eigenvalue weighted by Gasteiger charge is -2.26. The molecule has 2 N–H and O–H groups in total. The van der Waals surface area contributed by atoms with E-state index in [2.05, 4.69) is 20.5 Å². The fourth-order valence-electron chi connectivity index (χ4n) is 2.97. The molecule has 1 fully saturated rings. The van der Waals surface area contributed by atoms with Gasteiger partial charge in [0.1, 0.15) is 5.82 Å². The number of ether oxygens (including phenoxy) is 1. The zero-order valence-corrected chi connectivity index (χ0v) is 18.2. The van der Waals surface area contributed by atoms with Gasteiger partial charge in [0.15, 0.2) is 5.96 Å². The first kappa shape index (κ1) is 23.1. The lowest BCUT2D eigenvalue weighted by atomic mass is 10.1. The SMILES string of the molecule is CN=C(NCCCCN1CCOCC1)NCCc1ccc(F)cc1C.I. The molecule has 1 aromatic rings. The van der Waals surface area contributed by atoms with Crippen LogP contribution in [0.15, 0.2) is 23.2 Å². The van der Waals surface area contributed by atoms with Gasteiger partial charge in [0.25, 0.3) is 0 Å².